The van der Waals surface area contributed by atoms with Crippen LogP contribution in [0, 0.1) is 35.5 Å². The summed E-state index contributed by atoms with van der Waals surface area (Å²) in [7, 11) is 0. The average Bonchev–Trinajstić information content (AvgIpc) is 0.785. The first-order valence-corrected chi connectivity index (χ1v) is 39.1. The Morgan fingerprint density at radius 2 is 0.318 bits per heavy atom. The maximum atomic E-state index is 11.5. The topological polar surface area (TPSA) is 453 Å². The van der Waals surface area contributed by atoms with Crippen LogP contribution in [0.25, 0.3) is 140 Å². The largest absolute Gasteiger partial charge is 0.873 e. The van der Waals surface area contributed by atoms with Crippen molar-refractivity contribution in [2.24, 2.45) is 0 Å². The Hall–Kier alpha value is -19.3. The number of benzene rings is 11. The van der Waals surface area contributed by atoms with E-state index < -0.39 is 71.4 Å². The molecule has 11 aromatic rings. The molecule has 23 heteroatoms. The smallest absolute Gasteiger partial charge is 0.328 e. The minimum absolute atomic E-state index is 0.383. The van der Waals surface area contributed by atoms with E-state index >= 15 is 0 Å². The molecule has 0 unspecified atom stereocenters. The van der Waals surface area contributed by atoms with E-state index in [0.29, 0.717) is 117 Å². The third kappa shape index (κ3) is 31.5. The number of carboxylic acids is 11. The minimum atomic E-state index is -1.44. The first-order chi connectivity index (χ1) is 63.1. The molecule has 648 valence electrons. The van der Waals surface area contributed by atoms with Gasteiger partial charge in [-0.05, 0) is 346 Å². The Morgan fingerprint density at radius 1 is 0.182 bits per heavy atom. The number of allylic oxidation sites excluding steroid dienone is 1. The molecule has 0 atom stereocenters. The molecule has 0 saturated carbocycles. The van der Waals surface area contributed by atoms with Gasteiger partial charge in [-0.2, -0.15) is 0 Å². The fraction of sp³-hybridized carbons (Fsp3) is 0. The van der Waals surface area contributed by atoms with Gasteiger partial charge in [0.05, 0.1) is 41.8 Å². The molecule has 11 rings (SSSR count). The molecular weight excluding hydrogens is 1680 g/mol. The van der Waals surface area contributed by atoms with Gasteiger partial charge >= 0.3 is 23.9 Å². The third-order valence-electron chi connectivity index (χ3n) is 18.5. The first kappa shape index (κ1) is 94.9. The Bertz CT molecular complexity index is 6130. The van der Waals surface area contributed by atoms with Crippen LogP contribution in [-0.2, 0) is 52.7 Å². The van der Waals surface area contributed by atoms with Crippen LogP contribution in [0.15, 0.2) is 304 Å². The second-order valence-corrected chi connectivity index (χ2v) is 28.5. The van der Waals surface area contributed by atoms with Gasteiger partial charge < -0.3 is 94.8 Å². The summed E-state index contributed by atoms with van der Waals surface area (Å²) in [6, 6.07) is 64.1. The van der Waals surface area contributed by atoms with Gasteiger partial charge in [0.2, 0.25) is 0 Å². The fourth-order valence-corrected chi connectivity index (χ4v) is 12.9. The number of rotatable bonds is 30. The quantitative estimate of drug-likeness (QED) is 0.0141. The highest BCUT2D eigenvalue weighted by Gasteiger charge is 2.14. The van der Waals surface area contributed by atoms with Crippen LogP contribution >= 0.6 is 0 Å². The molecule has 0 saturated heterocycles. The molecule has 23 nitrogen and oxygen atoms in total. The number of hydrogen-bond acceptors (Lipinski definition) is 19. The highest BCUT2D eigenvalue weighted by atomic mass is 16.4. The number of hydrogen-bond donors (Lipinski definition) is 4. The van der Waals surface area contributed by atoms with Crippen molar-refractivity contribution in [3.8, 4) is 102 Å². The molecule has 0 aliphatic carbocycles. The molecule has 11 aromatic carbocycles. The van der Waals surface area contributed by atoms with Gasteiger partial charge in [0.15, 0.2) is 0 Å². The summed E-state index contributed by atoms with van der Waals surface area (Å²) < 4.78 is 0. The Kier molecular flexibility index (Phi) is 33.0. The molecule has 0 heterocycles. The molecule has 0 aliphatic heterocycles. The van der Waals surface area contributed by atoms with E-state index in [9.17, 15) is 104 Å². The summed E-state index contributed by atoms with van der Waals surface area (Å²) in [6.07, 6.45) is 27.4. The molecule has 4 N–H and O–H groups in total. The van der Waals surface area contributed by atoms with E-state index in [1.807, 2.05) is 91.0 Å². The fourth-order valence-electron chi connectivity index (χ4n) is 12.9. The van der Waals surface area contributed by atoms with Gasteiger partial charge in [0, 0.05) is 57.7 Å². The van der Waals surface area contributed by atoms with Gasteiger partial charge in [-0.25, -0.2) is 19.2 Å². The highest BCUT2D eigenvalue weighted by molar-refractivity contribution is 5.94. The Labute approximate surface area is 754 Å². The van der Waals surface area contributed by atoms with Crippen molar-refractivity contribution in [2.45, 2.75) is 0 Å². The van der Waals surface area contributed by atoms with Crippen molar-refractivity contribution in [3.05, 3.63) is 404 Å². The lowest BCUT2D eigenvalue weighted by atomic mass is 9.91. The minimum Gasteiger partial charge on any atom is -0.873 e. The number of aliphatic carboxylic acids is 11. The van der Waals surface area contributed by atoms with Crippen molar-refractivity contribution >= 4 is 139 Å². The summed E-state index contributed by atoms with van der Waals surface area (Å²) >= 11 is 0. The Balaban J connectivity index is 0.000000279. The van der Waals surface area contributed by atoms with Crippen molar-refractivity contribution in [1.29, 1.82) is 0 Å². The number of carbonyl (C=O) groups is 11. The maximum absolute atomic E-state index is 11.5. The number of carbonyl (C=O) groups excluding carboxylic acids is 7. The summed E-state index contributed by atoms with van der Waals surface area (Å²) in [6.45, 7) is 3.32. The lowest BCUT2D eigenvalue weighted by molar-refractivity contribution is -0.298. The molecule has 0 amide bonds. The maximum Gasteiger partial charge on any atom is 0.328 e. The zero-order valence-corrected chi connectivity index (χ0v) is 68.9. The van der Waals surface area contributed by atoms with Crippen molar-refractivity contribution in [1.82, 2.24) is 0 Å². The van der Waals surface area contributed by atoms with E-state index in [1.54, 1.807) is 121 Å². The predicted octanol–water partition coefficient (Wildman–Crippen LogP) is 9.19. The second-order valence-electron chi connectivity index (χ2n) is 28.5. The average molecular weight is 1740 g/mol. The summed E-state index contributed by atoms with van der Waals surface area (Å²) in [5.41, 5.74) is 17.7. The molecule has 0 bridgehead atoms. The summed E-state index contributed by atoms with van der Waals surface area (Å²) in [5.74, 6) is 3.21. The molecular formula is C109H66O23-8. The van der Waals surface area contributed by atoms with E-state index in [2.05, 4.69) is 42.1 Å². The van der Waals surface area contributed by atoms with E-state index in [0.717, 1.165) is 117 Å². The van der Waals surface area contributed by atoms with Crippen LogP contribution in [0.2, 0.25) is 0 Å². The molecule has 0 fully saturated rings. The van der Waals surface area contributed by atoms with Crippen LogP contribution < -0.4 is 40.9 Å². The van der Waals surface area contributed by atoms with E-state index in [4.69, 9.17) is 10.2 Å². The van der Waals surface area contributed by atoms with Gasteiger partial charge in [0.1, 0.15) is 0 Å². The Morgan fingerprint density at radius 3 is 0.470 bits per heavy atom. The molecule has 0 radical (unpaired) electrons. The second kappa shape index (κ2) is 45.9. The van der Waals surface area contributed by atoms with Crippen LogP contribution in [0.1, 0.15) is 100 Å². The normalized spacial score (nSPS) is 11.4. The summed E-state index contributed by atoms with van der Waals surface area (Å²) in [4.78, 5) is 123. The lowest BCUT2D eigenvalue weighted by Gasteiger charge is -2.14. The molecule has 0 aliphatic rings. The first-order valence-electron chi connectivity index (χ1n) is 39.1. The predicted molar refractivity (Wildman–Crippen MR) is 486 cm³/mol. The van der Waals surface area contributed by atoms with Crippen LogP contribution in [0.5, 0.6) is 0 Å². The lowest BCUT2D eigenvalue weighted by Crippen LogP contribution is -2.18. The molecule has 0 spiro atoms. The standard InChI is InChI=1S/C60H42O12.C49H32O11/c61-55(62)19-1-37-25-38(2-20-56(63)64)29-49(28-37)43-7-13-46(14-8-43)52-34-53(47-15-9-44(10-16-47)50-30-39(3-21-57(65)66)26-40(31-50)4-22-58(67)68)36-54(35-52)48-17-11-45(12-18-48)51-32-41(5-23-59(69)70)27-42(33-51)6-24-60(71)72;1-32(50)2-3-33-20-34(25-40(21-33)10-15-45(51)52)4-5-35-22-36(6-8-38-26-41(11-16-46(53)54)30-42(27-38)12-17-47(55)56)24-37(23-35)7-9-39-28-43(13-18-48(57)58)31-44(29-39)14-19-49(59)60/h1-36H,(H,61,62)(H,63,64)(H,65,66)(H,67,68)(H,69,70)(H,71,72);2-3,10-31,50H,1H2,(H,51,52)(H,53,54)(H,55,56)(H,57,58)(H,59,60)/p-8/b19-1+,20-2+,21-3+,22-4+,23-5+,24-6+;3-2+,15-10+,16-11+,17-12+,18-13+,19-14+. The van der Waals surface area contributed by atoms with Gasteiger partial charge in [-0.15, -0.1) is 12.3 Å². The van der Waals surface area contributed by atoms with Gasteiger partial charge in [0.25, 0.3) is 0 Å². The molecule has 0 aromatic heterocycles. The van der Waals surface area contributed by atoms with Crippen molar-refractivity contribution < 1.29 is 114 Å². The monoisotopic (exact) mass is 1740 g/mol. The zero-order valence-electron chi connectivity index (χ0n) is 68.9. The molecule has 132 heavy (non-hydrogen) atoms. The highest BCUT2D eigenvalue weighted by Crippen LogP contribution is 2.38. The number of carboxylic acid groups (broad SMARTS) is 11. The summed E-state index contributed by atoms with van der Waals surface area (Å²) in [5, 5.41) is 126. The van der Waals surface area contributed by atoms with E-state index in [1.165, 1.54) is 85.1 Å². The van der Waals surface area contributed by atoms with Crippen LogP contribution in [0.3, 0.4) is 0 Å². The third-order valence-corrected chi connectivity index (χ3v) is 18.5. The van der Waals surface area contributed by atoms with E-state index in [-0.39, 0.29) is 0 Å². The van der Waals surface area contributed by atoms with Crippen molar-refractivity contribution in [3.63, 3.8) is 0 Å². The van der Waals surface area contributed by atoms with Crippen LogP contribution in [-0.4, -0.2) is 86.1 Å². The van der Waals surface area contributed by atoms with Gasteiger partial charge in [-0.1, -0.05) is 163 Å². The van der Waals surface area contributed by atoms with Crippen molar-refractivity contribution in [2.75, 3.05) is 0 Å². The van der Waals surface area contributed by atoms with Crippen LogP contribution in [0.4, 0.5) is 0 Å². The zero-order chi connectivity index (χ0) is 94.9. The van der Waals surface area contributed by atoms with Gasteiger partial charge in [-0.3, -0.25) is 0 Å². The SMILES string of the molecule is C=C([O-])/C=C/c1cc(C#Cc2cc(C#Cc3cc(/C=C/C(=O)[O-])cc(/C=C/C(=O)[O-])c3)cc(C#Cc3cc(/C=C/C(=O)[O-])cc(/C=C/C(=O)O)c3)c2)cc(/C=C/C(=O)O)c1.O=C([O-])/C=C/c1cc(/C=C/C(=O)[O-])cc(-c2ccc(-c3cc(-c4ccc(-c5cc(/C=C/C(=O)[O-])cc(/C=C/C(=O)O)c5)cc4)cc(-c4ccc(-c5cc(/C=C/C(=O)[O-])cc(/C=C/C(=O)O)c5)cc4)c3)cc2)c1.